The first-order valence-corrected chi connectivity index (χ1v) is 4.03. The number of hydrogen-bond acceptors (Lipinski definition) is 2. The lowest BCUT2D eigenvalue weighted by molar-refractivity contribution is -0.00715. The average molecular weight is 233 g/mol. The van der Waals surface area contributed by atoms with Crippen molar-refractivity contribution in [3.8, 4) is 5.75 Å². The smallest absolute Gasteiger partial charge is 0.186 e. The van der Waals surface area contributed by atoms with Crippen LogP contribution < -0.4 is 4.94 Å². The lowest BCUT2D eigenvalue weighted by Crippen LogP contribution is -1.91. The zero-order valence-electron chi connectivity index (χ0n) is 6.30. The number of carbonyl (C=O) groups is 1. The average Bonchev–Trinajstić information content (AvgIpc) is 2.04. The fourth-order valence-corrected chi connectivity index (χ4v) is 1.22. The van der Waals surface area contributed by atoms with Crippen molar-refractivity contribution in [2.75, 3.05) is 0 Å². The highest BCUT2D eigenvalue weighted by Crippen LogP contribution is 2.26. The van der Waals surface area contributed by atoms with Crippen LogP contribution in [-0.2, 0) is 0 Å². The van der Waals surface area contributed by atoms with Gasteiger partial charge >= 0.3 is 0 Å². The van der Waals surface area contributed by atoms with E-state index in [1.165, 1.54) is 25.1 Å². The molecule has 0 spiro atoms. The summed E-state index contributed by atoms with van der Waals surface area (Å²) in [6.45, 7) is 1.44. The molecule has 0 heterocycles. The van der Waals surface area contributed by atoms with Crippen molar-refractivity contribution in [2.45, 2.75) is 6.92 Å². The molecular formula is C8H6BrFO2. The lowest BCUT2D eigenvalue weighted by atomic mass is 10.1. The molecule has 0 atom stereocenters. The van der Waals surface area contributed by atoms with E-state index in [9.17, 15) is 9.32 Å². The van der Waals surface area contributed by atoms with Gasteiger partial charge in [-0.05, 0) is 41.1 Å². The molecule has 0 aliphatic rings. The molecule has 4 heteroatoms. The summed E-state index contributed by atoms with van der Waals surface area (Å²) in [6, 6.07) is 4.40. The van der Waals surface area contributed by atoms with Crippen molar-refractivity contribution in [1.29, 1.82) is 0 Å². The van der Waals surface area contributed by atoms with Gasteiger partial charge in [-0.2, -0.15) is 0 Å². The number of hydrogen-bond donors (Lipinski definition) is 0. The first kappa shape index (κ1) is 9.19. The second-order valence-corrected chi connectivity index (χ2v) is 3.13. The van der Waals surface area contributed by atoms with Crippen molar-refractivity contribution in [3.05, 3.63) is 28.2 Å². The van der Waals surface area contributed by atoms with Crippen molar-refractivity contribution >= 4 is 21.7 Å². The summed E-state index contributed by atoms with van der Waals surface area (Å²) in [5.74, 6) is 0.00103. The summed E-state index contributed by atoms with van der Waals surface area (Å²) in [4.78, 5) is 14.4. The molecule has 0 amide bonds. The number of rotatable bonds is 2. The molecule has 0 N–H and O–H groups in total. The maximum Gasteiger partial charge on any atom is 0.186 e. The molecule has 12 heavy (non-hydrogen) atoms. The molecule has 0 saturated heterocycles. The van der Waals surface area contributed by atoms with Gasteiger partial charge in [0.05, 0.1) is 4.47 Å². The highest BCUT2D eigenvalue weighted by molar-refractivity contribution is 9.10. The summed E-state index contributed by atoms with van der Waals surface area (Å²) in [5, 5.41) is 0. The second kappa shape index (κ2) is 3.67. The fourth-order valence-electron chi connectivity index (χ4n) is 0.782. The highest BCUT2D eigenvalue weighted by atomic mass is 79.9. The Labute approximate surface area is 77.4 Å². The SMILES string of the molecule is CC(=O)c1ccc(OF)c(Br)c1. The van der Waals surface area contributed by atoms with Crippen LogP contribution in [0.5, 0.6) is 5.75 Å². The molecular weight excluding hydrogens is 227 g/mol. The number of halogens is 2. The van der Waals surface area contributed by atoms with Crippen LogP contribution in [0.1, 0.15) is 17.3 Å². The molecule has 0 bridgehead atoms. The van der Waals surface area contributed by atoms with Crippen LogP contribution in [-0.4, -0.2) is 5.78 Å². The third-order valence-electron chi connectivity index (χ3n) is 1.42. The molecule has 1 rings (SSSR count). The number of ketones is 1. The van der Waals surface area contributed by atoms with E-state index in [-0.39, 0.29) is 11.5 Å². The van der Waals surface area contributed by atoms with Gasteiger partial charge < -0.3 is 0 Å². The van der Waals surface area contributed by atoms with Gasteiger partial charge in [0.1, 0.15) is 0 Å². The Morgan fingerprint density at radius 3 is 2.67 bits per heavy atom. The Morgan fingerprint density at radius 2 is 2.25 bits per heavy atom. The van der Waals surface area contributed by atoms with E-state index in [4.69, 9.17) is 0 Å². The monoisotopic (exact) mass is 232 g/mol. The number of Topliss-reactive ketones (excluding diaryl/α,β-unsaturated/α-hetero) is 1. The van der Waals surface area contributed by atoms with Gasteiger partial charge in [-0.15, -0.1) is 0 Å². The standard InChI is InChI=1S/C8H6BrFO2/c1-5(11)6-2-3-8(12-10)7(9)4-6/h2-4H,1H3. The van der Waals surface area contributed by atoms with E-state index in [1.807, 2.05) is 0 Å². The Morgan fingerprint density at radius 1 is 1.58 bits per heavy atom. The Hall–Kier alpha value is -0.900. The van der Waals surface area contributed by atoms with Gasteiger partial charge in [0.2, 0.25) is 0 Å². The van der Waals surface area contributed by atoms with Crippen LogP contribution in [0.3, 0.4) is 0 Å². The van der Waals surface area contributed by atoms with Crippen molar-refractivity contribution in [2.24, 2.45) is 0 Å². The minimum atomic E-state index is -0.0684. The predicted molar refractivity (Wildman–Crippen MR) is 45.9 cm³/mol. The first-order chi connectivity index (χ1) is 5.65. The van der Waals surface area contributed by atoms with E-state index in [1.54, 1.807) is 0 Å². The van der Waals surface area contributed by atoms with Crippen molar-refractivity contribution in [3.63, 3.8) is 0 Å². The third kappa shape index (κ3) is 1.82. The normalized spacial score (nSPS) is 9.58. The van der Waals surface area contributed by atoms with Crippen LogP contribution in [0.25, 0.3) is 0 Å². The predicted octanol–water partition coefficient (Wildman–Crippen LogP) is 2.92. The zero-order chi connectivity index (χ0) is 9.14. The van der Waals surface area contributed by atoms with Crippen molar-refractivity contribution < 1.29 is 14.3 Å². The molecule has 0 fully saturated rings. The maximum absolute atomic E-state index is 11.7. The van der Waals surface area contributed by atoms with Gasteiger partial charge in [-0.3, -0.25) is 9.74 Å². The topological polar surface area (TPSA) is 26.3 Å². The molecule has 0 saturated carbocycles. The van der Waals surface area contributed by atoms with Gasteiger partial charge in [-0.25, -0.2) is 0 Å². The Kier molecular flexibility index (Phi) is 2.81. The van der Waals surface area contributed by atoms with Crippen molar-refractivity contribution in [1.82, 2.24) is 0 Å². The minimum absolute atomic E-state index is 0.0684. The van der Waals surface area contributed by atoms with Gasteiger partial charge in [0, 0.05) is 10.1 Å². The molecule has 1 aromatic carbocycles. The van der Waals surface area contributed by atoms with E-state index in [0.29, 0.717) is 10.0 Å². The number of carbonyl (C=O) groups excluding carboxylic acids is 1. The zero-order valence-corrected chi connectivity index (χ0v) is 7.89. The van der Waals surface area contributed by atoms with Gasteiger partial charge in [0.25, 0.3) is 0 Å². The Bertz CT molecular complexity index is 312. The lowest BCUT2D eigenvalue weighted by Gasteiger charge is -1.99. The highest BCUT2D eigenvalue weighted by Gasteiger charge is 2.05. The molecule has 0 aliphatic heterocycles. The quantitative estimate of drug-likeness (QED) is 0.734. The van der Waals surface area contributed by atoms with Crippen LogP contribution in [0.2, 0.25) is 0 Å². The van der Waals surface area contributed by atoms with Gasteiger partial charge in [0.15, 0.2) is 11.5 Å². The third-order valence-corrected chi connectivity index (χ3v) is 2.04. The van der Waals surface area contributed by atoms with E-state index >= 15 is 0 Å². The van der Waals surface area contributed by atoms with Crippen LogP contribution in [0.4, 0.5) is 4.53 Å². The number of benzene rings is 1. The van der Waals surface area contributed by atoms with Crippen LogP contribution in [0.15, 0.2) is 22.7 Å². The summed E-state index contributed by atoms with van der Waals surface area (Å²) < 4.78 is 12.1. The summed E-state index contributed by atoms with van der Waals surface area (Å²) >= 11 is 3.06. The largest absolute Gasteiger partial charge is 0.295 e. The molecule has 2 nitrogen and oxygen atoms in total. The molecule has 64 valence electrons. The molecule has 0 aromatic heterocycles. The van der Waals surface area contributed by atoms with Crippen LogP contribution >= 0.6 is 15.9 Å². The first-order valence-electron chi connectivity index (χ1n) is 3.24. The molecule has 0 aliphatic carbocycles. The fraction of sp³-hybridized carbons (Fsp3) is 0.125. The van der Waals surface area contributed by atoms with Gasteiger partial charge in [-0.1, -0.05) is 0 Å². The van der Waals surface area contributed by atoms with E-state index in [2.05, 4.69) is 20.9 Å². The molecule has 1 aromatic rings. The second-order valence-electron chi connectivity index (χ2n) is 2.28. The summed E-state index contributed by atoms with van der Waals surface area (Å²) in [7, 11) is 0. The molecule has 0 unspecified atom stereocenters. The van der Waals surface area contributed by atoms with Crippen LogP contribution in [0, 0.1) is 0 Å². The minimum Gasteiger partial charge on any atom is -0.295 e. The summed E-state index contributed by atoms with van der Waals surface area (Å²) in [6.07, 6.45) is 0. The Balaban J connectivity index is 3.10. The maximum atomic E-state index is 11.7. The van der Waals surface area contributed by atoms with E-state index in [0.717, 1.165) is 0 Å². The molecule has 0 radical (unpaired) electrons. The van der Waals surface area contributed by atoms with E-state index < -0.39 is 0 Å². The summed E-state index contributed by atoms with van der Waals surface area (Å²) in [5.41, 5.74) is 0.516.